The van der Waals surface area contributed by atoms with Crippen LogP contribution in [0.5, 0.6) is 0 Å². The van der Waals surface area contributed by atoms with E-state index in [4.69, 9.17) is 10.5 Å². The summed E-state index contributed by atoms with van der Waals surface area (Å²) >= 11 is 1.74. The molecule has 0 aliphatic carbocycles. The lowest BCUT2D eigenvalue weighted by Crippen LogP contribution is -2.53. The molecule has 21 heavy (non-hydrogen) atoms. The molecule has 0 bridgehead atoms. The summed E-state index contributed by atoms with van der Waals surface area (Å²) in [5.74, 6) is 1.76. The lowest BCUT2D eigenvalue weighted by molar-refractivity contribution is -0.134. The van der Waals surface area contributed by atoms with Crippen molar-refractivity contribution in [3.05, 3.63) is 0 Å². The largest absolute Gasteiger partial charge is 0.381 e. The van der Waals surface area contributed by atoms with Gasteiger partial charge in [-0.15, -0.1) is 12.4 Å². The molecule has 0 saturated carbocycles. The van der Waals surface area contributed by atoms with Crippen LogP contribution in [0.3, 0.4) is 0 Å². The van der Waals surface area contributed by atoms with Gasteiger partial charge >= 0.3 is 0 Å². The highest BCUT2D eigenvalue weighted by molar-refractivity contribution is 7.98. The molecule has 2 N–H and O–H groups in total. The molecular formula is C14H28ClN3O2S. The highest BCUT2D eigenvalue weighted by atomic mass is 35.5. The van der Waals surface area contributed by atoms with E-state index in [1.807, 2.05) is 11.2 Å². The molecule has 0 aromatic rings. The molecule has 0 aromatic heterocycles. The van der Waals surface area contributed by atoms with Crippen molar-refractivity contribution in [1.29, 1.82) is 0 Å². The number of rotatable bonds is 6. The second-order valence-corrected chi connectivity index (χ2v) is 6.73. The van der Waals surface area contributed by atoms with Crippen molar-refractivity contribution in [3.8, 4) is 0 Å². The summed E-state index contributed by atoms with van der Waals surface area (Å²) in [5, 5.41) is 0. The molecule has 2 aliphatic heterocycles. The molecule has 2 atom stereocenters. The summed E-state index contributed by atoms with van der Waals surface area (Å²) < 4.78 is 5.42. The molecule has 2 aliphatic rings. The van der Waals surface area contributed by atoms with Crippen LogP contribution >= 0.6 is 24.2 Å². The fraction of sp³-hybridized carbons (Fsp3) is 0.929. The number of hydrogen-bond acceptors (Lipinski definition) is 5. The molecule has 1 amide bonds. The summed E-state index contributed by atoms with van der Waals surface area (Å²) in [5.41, 5.74) is 5.97. The summed E-state index contributed by atoms with van der Waals surface area (Å²) in [7, 11) is 0. The Balaban J connectivity index is 0.00000220. The summed E-state index contributed by atoms with van der Waals surface area (Å²) in [6.07, 6.45) is 4.00. The molecule has 2 saturated heterocycles. The van der Waals surface area contributed by atoms with Gasteiger partial charge in [-0.25, -0.2) is 0 Å². The Bertz CT molecular complexity index is 309. The van der Waals surface area contributed by atoms with Gasteiger partial charge in [-0.3, -0.25) is 9.69 Å². The monoisotopic (exact) mass is 337 g/mol. The molecule has 124 valence electrons. The molecule has 2 rings (SSSR count). The Kier molecular flexibility index (Phi) is 8.97. The van der Waals surface area contributed by atoms with E-state index in [1.54, 1.807) is 11.8 Å². The van der Waals surface area contributed by atoms with Gasteiger partial charge in [0.15, 0.2) is 0 Å². The number of carbonyl (C=O) groups is 1. The van der Waals surface area contributed by atoms with E-state index in [9.17, 15) is 4.79 Å². The van der Waals surface area contributed by atoms with Crippen LogP contribution in [0.15, 0.2) is 0 Å². The minimum absolute atomic E-state index is 0. The first-order chi connectivity index (χ1) is 9.70. The van der Waals surface area contributed by atoms with E-state index < -0.39 is 0 Å². The normalized spacial score (nSPS) is 24.7. The van der Waals surface area contributed by atoms with Gasteiger partial charge in [0, 0.05) is 39.3 Å². The van der Waals surface area contributed by atoms with E-state index in [2.05, 4.69) is 4.90 Å². The zero-order chi connectivity index (χ0) is 14.4. The van der Waals surface area contributed by atoms with Crippen LogP contribution in [-0.4, -0.2) is 79.7 Å². The van der Waals surface area contributed by atoms with E-state index in [-0.39, 0.29) is 24.4 Å². The number of thioether (sulfide) groups is 1. The zero-order valence-corrected chi connectivity index (χ0v) is 14.5. The SMILES string of the molecule is CSCC[C@H](N)C(=O)N1CCN(CC2CCOC2)CC1.Cl. The van der Waals surface area contributed by atoms with Gasteiger partial charge < -0.3 is 15.4 Å². The van der Waals surface area contributed by atoms with Crippen LogP contribution in [0, 0.1) is 5.92 Å². The fourth-order valence-corrected chi connectivity index (χ4v) is 3.34. The van der Waals surface area contributed by atoms with Crippen LogP contribution in [0.2, 0.25) is 0 Å². The lowest BCUT2D eigenvalue weighted by Gasteiger charge is -2.36. The highest BCUT2D eigenvalue weighted by Gasteiger charge is 2.26. The van der Waals surface area contributed by atoms with E-state index >= 15 is 0 Å². The Labute approximate surface area is 138 Å². The third-order valence-electron chi connectivity index (χ3n) is 4.17. The maximum Gasteiger partial charge on any atom is 0.239 e. The fourth-order valence-electron chi connectivity index (χ4n) is 2.85. The van der Waals surface area contributed by atoms with Gasteiger partial charge in [0.05, 0.1) is 12.6 Å². The number of nitrogens with two attached hydrogens (primary N) is 1. The molecule has 0 aromatic carbocycles. The smallest absolute Gasteiger partial charge is 0.239 e. The summed E-state index contributed by atoms with van der Waals surface area (Å²) in [6.45, 7) is 6.50. The topological polar surface area (TPSA) is 58.8 Å². The first-order valence-corrected chi connectivity index (χ1v) is 8.93. The molecule has 0 radical (unpaired) electrons. The quantitative estimate of drug-likeness (QED) is 0.772. The Morgan fingerprint density at radius 2 is 2.10 bits per heavy atom. The van der Waals surface area contributed by atoms with Crippen molar-refractivity contribution in [2.45, 2.75) is 18.9 Å². The maximum absolute atomic E-state index is 12.2. The average molecular weight is 338 g/mol. The van der Waals surface area contributed by atoms with Gasteiger partial charge in [-0.05, 0) is 30.8 Å². The van der Waals surface area contributed by atoms with E-state index in [0.29, 0.717) is 5.92 Å². The predicted molar refractivity (Wildman–Crippen MR) is 90.2 cm³/mol. The highest BCUT2D eigenvalue weighted by Crippen LogP contribution is 2.15. The van der Waals surface area contributed by atoms with Crippen molar-refractivity contribution in [2.75, 3.05) is 57.9 Å². The minimum atomic E-state index is -0.322. The van der Waals surface area contributed by atoms with Crippen molar-refractivity contribution < 1.29 is 9.53 Å². The van der Waals surface area contributed by atoms with E-state index in [0.717, 1.165) is 58.1 Å². The number of nitrogens with zero attached hydrogens (tertiary/aromatic N) is 2. The summed E-state index contributed by atoms with van der Waals surface area (Å²) in [6, 6.07) is -0.322. The average Bonchev–Trinajstić information content (AvgIpc) is 2.97. The van der Waals surface area contributed by atoms with Crippen LogP contribution in [-0.2, 0) is 9.53 Å². The van der Waals surface area contributed by atoms with Crippen molar-refractivity contribution >= 4 is 30.1 Å². The molecule has 2 fully saturated rings. The first-order valence-electron chi connectivity index (χ1n) is 7.54. The molecule has 1 unspecified atom stereocenters. The second-order valence-electron chi connectivity index (χ2n) is 5.74. The number of hydrogen-bond donors (Lipinski definition) is 1. The molecular weight excluding hydrogens is 310 g/mol. The molecule has 0 spiro atoms. The van der Waals surface area contributed by atoms with Crippen LogP contribution in [0.25, 0.3) is 0 Å². The number of piperazine rings is 1. The molecule has 5 nitrogen and oxygen atoms in total. The van der Waals surface area contributed by atoms with Gasteiger partial charge in [0.2, 0.25) is 5.91 Å². The third kappa shape index (κ3) is 5.94. The lowest BCUT2D eigenvalue weighted by atomic mass is 10.1. The number of amides is 1. The number of halogens is 1. The maximum atomic E-state index is 12.2. The first kappa shape index (κ1) is 19.0. The van der Waals surface area contributed by atoms with Gasteiger partial charge in [-0.1, -0.05) is 0 Å². The standard InChI is InChI=1S/C14H27N3O2S.ClH/c1-20-9-3-13(15)14(18)17-6-4-16(5-7-17)10-12-2-8-19-11-12;/h12-13H,2-11,15H2,1H3;1H/t12?,13-;/m0./s1. The molecule has 2 heterocycles. The third-order valence-corrected chi connectivity index (χ3v) is 4.82. The number of ether oxygens (including phenoxy) is 1. The van der Waals surface area contributed by atoms with Gasteiger partial charge in [0.1, 0.15) is 0 Å². The predicted octanol–water partition coefficient (Wildman–Crippen LogP) is 0.669. The Morgan fingerprint density at radius 3 is 2.67 bits per heavy atom. The second kappa shape index (κ2) is 9.90. The summed E-state index contributed by atoms with van der Waals surface area (Å²) in [4.78, 5) is 16.6. The zero-order valence-electron chi connectivity index (χ0n) is 12.8. The van der Waals surface area contributed by atoms with Crippen molar-refractivity contribution in [2.24, 2.45) is 11.7 Å². The van der Waals surface area contributed by atoms with Crippen LogP contribution in [0.1, 0.15) is 12.8 Å². The van der Waals surface area contributed by atoms with Gasteiger partial charge in [-0.2, -0.15) is 11.8 Å². The Hall–Kier alpha value is -0.0100. The van der Waals surface area contributed by atoms with E-state index in [1.165, 1.54) is 6.42 Å². The van der Waals surface area contributed by atoms with Crippen LogP contribution < -0.4 is 5.73 Å². The number of carbonyl (C=O) groups excluding carboxylic acids is 1. The van der Waals surface area contributed by atoms with Crippen LogP contribution in [0.4, 0.5) is 0 Å². The Morgan fingerprint density at radius 1 is 1.38 bits per heavy atom. The van der Waals surface area contributed by atoms with Crippen molar-refractivity contribution in [3.63, 3.8) is 0 Å². The van der Waals surface area contributed by atoms with Crippen molar-refractivity contribution in [1.82, 2.24) is 9.80 Å². The van der Waals surface area contributed by atoms with Gasteiger partial charge in [0.25, 0.3) is 0 Å². The minimum Gasteiger partial charge on any atom is -0.381 e. The molecule has 7 heteroatoms.